The van der Waals surface area contributed by atoms with Crippen molar-refractivity contribution in [2.45, 2.75) is 51.6 Å². The second-order valence-corrected chi connectivity index (χ2v) is 12.4. The highest BCUT2D eigenvalue weighted by molar-refractivity contribution is 7.15. The van der Waals surface area contributed by atoms with Gasteiger partial charge in [0.25, 0.3) is 5.91 Å². The van der Waals surface area contributed by atoms with E-state index in [2.05, 4.69) is 42.7 Å². The van der Waals surface area contributed by atoms with Crippen molar-refractivity contribution < 1.29 is 14.3 Å². The number of aryl methyl sites for hydroxylation is 2. The second kappa shape index (κ2) is 12.5. The number of thiazole rings is 1. The molecule has 0 radical (unpaired) electrons. The van der Waals surface area contributed by atoms with Gasteiger partial charge in [0.2, 0.25) is 5.91 Å². The Morgan fingerprint density at radius 2 is 2.00 bits per heavy atom. The van der Waals surface area contributed by atoms with E-state index in [9.17, 15) is 9.59 Å². The first-order valence-corrected chi connectivity index (χ1v) is 15.4. The number of fused-ring (bicyclic) bond motifs is 1. The monoisotopic (exact) mass is 600 g/mol. The van der Waals surface area contributed by atoms with Gasteiger partial charge in [-0.15, -0.1) is 11.3 Å². The van der Waals surface area contributed by atoms with Crippen molar-refractivity contribution >= 4 is 45.1 Å². The van der Waals surface area contributed by atoms with E-state index in [1.165, 1.54) is 24.2 Å². The van der Waals surface area contributed by atoms with E-state index in [-0.39, 0.29) is 17.9 Å². The molecule has 2 aliphatic rings. The van der Waals surface area contributed by atoms with Crippen LogP contribution in [0.25, 0.3) is 11.0 Å². The molecule has 12 heteroatoms. The molecule has 1 saturated carbocycles. The van der Waals surface area contributed by atoms with Gasteiger partial charge in [0, 0.05) is 60.5 Å². The van der Waals surface area contributed by atoms with Crippen molar-refractivity contribution in [3.05, 3.63) is 64.8 Å². The Hall–Kier alpha value is -4.29. The largest absolute Gasteiger partial charge is 0.456 e. The van der Waals surface area contributed by atoms with E-state index in [4.69, 9.17) is 4.74 Å². The molecule has 0 bridgehead atoms. The van der Waals surface area contributed by atoms with Crippen LogP contribution in [0.3, 0.4) is 0 Å². The minimum atomic E-state index is -0.228. The van der Waals surface area contributed by atoms with E-state index in [0.717, 1.165) is 41.9 Å². The fourth-order valence-corrected chi connectivity index (χ4v) is 6.00. The molecule has 3 aromatic heterocycles. The number of aromatic amines is 1. The van der Waals surface area contributed by atoms with Crippen molar-refractivity contribution in [3.8, 4) is 11.5 Å². The Morgan fingerprint density at radius 1 is 1.19 bits per heavy atom. The van der Waals surface area contributed by atoms with Gasteiger partial charge in [0.05, 0.1) is 5.69 Å². The summed E-state index contributed by atoms with van der Waals surface area (Å²) < 4.78 is 6.24. The zero-order chi connectivity index (χ0) is 29.9. The number of anilines is 2. The molecule has 2 amide bonds. The number of rotatable bonds is 10. The molecule has 1 aliphatic carbocycles. The van der Waals surface area contributed by atoms with E-state index in [1.54, 1.807) is 42.6 Å². The summed E-state index contributed by atoms with van der Waals surface area (Å²) in [4.78, 5) is 39.6. The Kier molecular flexibility index (Phi) is 8.39. The number of benzene rings is 1. The molecule has 11 nitrogen and oxygen atoms in total. The zero-order valence-corrected chi connectivity index (χ0v) is 25.4. The number of hydrogen-bond acceptors (Lipinski definition) is 9. The Bertz CT molecular complexity index is 1620. The Morgan fingerprint density at radius 3 is 2.74 bits per heavy atom. The summed E-state index contributed by atoms with van der Waals surface area (Å²) >= 11 is 1.45. The van der Waals surface area contributed by atoms with Crippen molar-refractivity contribution in [3.63, 3.8) is 0 Å². The number of nitrogens with zero attached hydrogens (tertiary/aromatic N) is 5. The summed E-state index contributed by atoms with van der Waals surface area (Å²) in [6.07, 6.45) is 9.67. The van der Waals surface area contributed by atoms with Crippen LogP contribution < -0.4 is 15.4 Å². The SMILES string of the molecule is Cc1nc(NC(=O)c2ccc(Oc3ccnc4[nH]nc(N[C@@H]5CCCN(C(=O)C=CCN(C)C6CC6)C5)c34)cc2)sc1C. The number of nitrogens with one attached hydrogen (secondary N) is 3. The van der Waals surface area contributed by atoms with Crippen LogP contribution in [0.2, 0.25) is 0 Å². The summed E-state index contributed by atoms with van der Waals surface area (Å²) in [7, 11) is 2.11. The van der Waals surface area contributed by atoms with Crippen LogP contribution in [0, 0.1) is 13.8 Å². The first-order valence-electron chi connectivity index (χ1n) is 14.6. The molecule has 1 aliphatic heterocycles. The lowest BCUT2D eigenvalue weighted by Crippen LogP contribution is -2.44. The smallest absolute Gasteiger partial charge is 0.257 e. The van der Waals surface area contributed by atoms with Gasteiger partial charge in [0.15, 0.2) is 16.6 Å². The van der Waals surface area contributed by atoms with Gasteiger partial charge in [-0.05, 0) is 70.8 Å². The molecule has 0 unspecified atom stereocenters. The topological polar surface area (TPSA) is 128 Å². The summed E-state index contributed by atoms with van der Waals surface area (Å²) in [6, 6.07) is 9.46. The predicted molar refractivity (Wildman–Crippen MR) is 168 cm³/mol. The molecule has 0 spiro atoms. The van der Waals surface area contributed by atoms with Crippen LogP contribution in [0.4, 0.5) is 10.9 Å². The molecule has 1 aromatic carbocycles. The second-order valence-electron chi connectivity index (χ2n) is 11.2. The fraction of sp³-hybridized carbons (Fsp3) is 0.387. The molecule has 43 heavy (non-hydrogen) atoms. The maximum Gasteiger partial charge on any atom is 0.257 e. The highest BCUT2D eigenvalue weighted by atomic mass is 32.1. The third-order valence-electron chi connectivity index (χ3n) is 7.91. The lowest BCUT2D eigenvalue weighted by Gasteiger charge is -2.32. The van der Waals surface area contributed by atoms with Crippen LogP contribution in [-0.4, -0.2) is 80.5 Å². The van der Waals surface area contributed by atoms with Gasteiger partial charge < -0.3 is 15.0 Å². The molecule has 224 valence electrons. The number of likely N-dealkylation sites (tertiary alicyclic amines) is 1. The Labute approximate surface area is 254 Å². The van der Waals surface area contributed by atoms with E-state index in [0.29, 0.717) is 46.2 Å². The number of hydrogen-bond donors (Lipinski definition) is 3. The molecule has 4 aromatic rings. The van der Waals surface area contributed by atoms with Gasteiger partial charge in [-0.1, -0.05) is 6.08 Å². The highest BCUT2D eigenvalue weighted by Crippen LogP contribution is 2.34. The lowest BCUT2D eigenvalue weighted by molar-refractivity contribution is -0.127. The summed E-state index contributed by atoms with van der Waals surface area (Å²) in [5.41, 5.74) is 2.01. The predicted octanol–water partition coefficient (Wildman–Crippen LogP) is 5.13. The van der Waals surface area contributed by atoms with Crippen molar-refractivity contribution in [1.29, 1.82) is 0 Å². The zero-order valence-electron chi connectivity index (χ0n) is 24.6. The molecule has 4 heterocycles. The van der Waals surface area contributed by atoms with Gasteiger partial charge in [-0.3, -0.25) is 24.9 Å². The normalized spacial score (nSPS) is 17.1. The number of ether oxygens (including phenoxy) is 1. The van der Waals surface area contributed by atoms with Gasteiger partial charge >= 0.3 is 0 Å². The molecule has 2 fully saturated rings. The number of aromatic nitrogens is 4. The summed E-state index contributed by atoms with van der Waals surface area (Å²) in [5.74, 6) is 1.60. The standard InChI is InChI=1S/C31H36N8O3S/c1-19-20(2)43-31(33-19)35-30(41)21-8-12-24(13-9-21)42-25-14-15-32-28-27(25)29(37-36-28)34-22-6-4-17-39(18-22)26(40)7-5-16-38(3)23-10-11-23/h5,7-9,12-15,22-23H,4,6,10-11,16-18H2,1-3H3,(H,33,35,41)(H2,32,34,36,37)/t22-/m1/s1. The molecule has 3 N–H and O–H groups in total. The third kappa shape index (κ3) is 6.86. The molecule has 1 atom stereocenters. The first kappa shape index (κ1) is 28.8. The lowest BCUT2D eigenvalue weighted by atomic mass is 10.1. The van der Waals surface area contributed by atoms with E-state index in [1.807, 2.05) is 24.8 Å². The Balaban J connectivity index is 1.10. The maximum atomic E-state index is 12.9. The highest BCUT2D eigenvalue weighted by Gasteiger charge is 2.26. The molecule has 1 saturated heterocycles. The minimum absolute atomic E-state index is 0.0438. The number of pyridine rings is 1. The molecular weight excluding hydrogens is 564 g/mol. The number of H-pyrrole nitrogens is 1. The minimum Gasteiger partial charge on any atom is -0.456 e. The van der Waals surface area contributed by atoms with Gasteiger partial charge in [-0.25, -0.2) is 9.97 Å². The number of piperidine rings is 1. The average molecular weight is 601 g/mol. The number of carbonyl (C=O) groups excluding carboxylic acids is 2. The van der Waals surface area contributed by atoms with Crippen LogP contribution in [0.1, 0.15) is 46.6 Å². The van der Waals surface area contributed by atoms with Crippen LogP contribution >= 0.6 is 11.3 Å². The van der Waals surface area contributed by atoms with Gasteiger partial charge in [0.1, 0.15) is 16.9 Å². The van der Waals surface area contributed by atoms with Crippen molar-refractivity contribution in [1.82, 2.24) is 30.0 Å². The number of amides is 2. The van der Waals surface area contributed by atoms with Crippen LogP contribution in [0.5, 0.6) is 11.5 Å². The van der Waals surface area contributed by atoms with Crippen LogP contribution in [-0.2, 0) is 4.79 Å². The van der Waals surface area contributed by atoms with E-state index >= 15 is 0 Å². The summed E-state index contributed by atoms with van der Waals surface area (Å²) in [6.45, 7) is 6.03. The van der Waals surface area contributed by atoms with E-state index < -0.39 is 0 Å². The quantitative estimate of drug-likeness (QED) is 0.214. The summed E-state index contributed by atoms with van der Waals surface area (Å²) in [5, 5.41) is 15.1. The van der Waals surface area contributed by atoms with Crippen molar-refractivity contribution in [2.24, 2.45) is 0 Å². The first-order chi connectivity index (χ1) is 20.8. The maximum absolute atomic E-state index is 12.9. The molecular formula is C31H36N8O3S. The average Bonchev–Trinajstić information content (AvgIpc) is 3.71. The number of carbonyl (C=O) groups is 2. The number of likely N-dealkylation sites (N-methyl/N-ethyl adjacent to an activating group) is 1. The fourth-order valence-electron chi connectivity index (χ4n) is 5.19. The third-order valence-corrected chi connectivity index (χ3v) is 8.90. The molecule has 6 rings (SSSR count). The van der Waals surface area contributed by atoms with Crippen molar-refractivity contribution in [2.75, 3.05) is 37.3 Å². The van der Waals surface area contributed by atoms with Gasteiger partial charge in [-0.2, -0.15) is 5.10 Å². The van der Waals surface area contributed by atoms with Crippen LogP contribution in [0.15, 0.2) is 48.7 Å².